The van der Waals surface area contributed by atoms with Crippen LogP contribution in [0.5, 0.6) is 0 Å². The molecule has 1 amide bonds. The van der Waals surface area contributed by atoms with Gasteiger partial charge in [0.1, 0.15) is 11.5 Å². The van der Waals surface area contributed by atoms with Crippen LogP contribution in [0, 0.1) is 5.82 Å². The van der Waals surface area contributed by atoms with Gasteiger partial charge in [-0.15, -0.1) is 0 Å². The van der Waals surface area contributed by atoms with Gasteiger partial charge in [-0.05, 0) is 41.8 Å². The maximum absolute atomic E-state index is 13.5. The van der Waals surface area contributed by atoms with E-state index in [0.29, 0.717) is 35.8 Å². The number of nitrogens with zero attached hydrogens (tertiary/aromatic N) is 1. The van der Waals surface area contributed by atoms with E-state index >= 15 is 0 Å². The Hall–Kier alpha value is -3.05. The lowest BCUT2D eigenvalue weighted by atomic mass is 10.1. The van der Waals surface area contributed by atoms with Crippen molar-refractivity contribution in [1.82, 2.24) is 9.88 Å². The number of hydrogen-bond donors (Lipinski definition) is 1. The van der Waals surface area contributed by atoms with Gasteiger partial charge in [-0.3, -0.25) is 4.79 Å². The largest absolute Gasteiger partial charge is 0.463 e. The lowest BCUT2D eigenvalue weighted by Gasteiger charge is -2.11. The standard InChI is InChI=1S/C22H18ClFN2O2/c23-17-5-1-3-15(11-17)7-9-25-22(27)20-13-21-19(8-10-28-21)26(20)14-16-4-2-6-18(24)12-16/h1-6,8,10-13H,7,9,14H2,(H,25,27). The van der Waals surface area contributed by atoms with E-state index in [-0.39, 0.29) is 11.7 Å². The van der Waals surface area contributed by atoms with Crippen LogP contribution in [-0.4, -0.2) is 17.0 Å². The minimum atomic E-state index is -0.305. The molecule has 2 aromatic heterocycles. The average Bonchev–Trinajstić information content (AvgIpc) is 3.24. The number of rotatable bonds is 6. The third kappa shape index (κ3) is 3.94. The van der Waals surface area contributed by atoms with Crippen LogP contribution < -0.4 is 5.32 Å². The summed E-state index contributed by atoms with van der Waals surface area (Å²) in [6, 6.07) is 17.4. The molecule has 4 nitrogen and oxygen atoms in total. The van der Waals surface area contributed by atoms with E-state index in [1.165, 1.54) is 12.1 Å². The molecule has 0 aliphatic rings. The highest BCUT2D eigenvalue weighted by Crippen LogP contribution is 2.23. The number of carbonyl (C=O) groups excluding carboxylic acids is 1. The summed E-state index contributed by atoms with van der Waals surface area (Å²) in [5.41, 5.74) is 3.72. The van der Waals surface area contributed by atoms with Crippen LogP contribution in [0.4, 0.5) is 4.39 Å². The molecule has 0 unspecified atom stereocenters. The molecule has 0 bridgehead atoms. The first-order valence-electron chi connectivity index (χ1n) is 8.94. The molecule has 4 aromatic rings. The molecule has 4 rings (SSSR count). The van der Waals surface area contributed by atoms with E-state index in [4.69, 9.17) is 16.0 Å². The molecule has 0 aliphatic carbocycles. The van der Waals surface area contributed by atoms with Gasteiger partial charge in [0.15, 0.2) is 5.58 Å². The second-order valence-electron chi connectivity index (χ2n) is 6.55. The summed E-state index contributed by atoms with van der Waals surface area (Å²) < 4.78 is 20.8. The van der Waals surface area contributed by atoms with Gasteiger partial charge in [0.25, 0.3) is 5.91 Å². The fraction of sp³-hybridized carbons (Fsp3) is 0.136. The third-order valence-electron chi connectivity index (χ3n) is 4.57. The van der Waals surface area contributed by atoms with Crippen molar-refractivity contribution >= 4 is 28.6 Å². The minimum absolute atomic E-state index is 0.204. The number of fused-ring (bicyclic) bond motifs is 1. The molecule has 0 radical (unpaired) electrons. The average molecular weight is 397 g/mol. The second kappa shape index (κ2) is 7.90. The third-order valence-corrected chi connectivity index (χ3v) is 4.81. The Kier molecular flexibility index (Phi) is 5.17. The molecule has 0 aliphatic heterocycles. The zero-order valence-electron chi connectivity index (χ0n) is 15.0. The van der Waals surface area contributed by atoms with Gasteiger partial charge in [-0.2, -0.15) is 0 Å². The normalized spacial score (nSPS) is 11.1. The van der Waals surface area contributed by atoms with Crippen molar-refractivity contribution < 1.29 is 13.6 Å². The monoisotopic (exact) mass is 396 g/mol. The van der Waals surface area contributed by atoms with E-state index in [0.717, 1.165) is 16.6 Å². The van der Waals surface area contributed by atoms with Crippen molar-refractivity contribution in [3.05, 3.63) is 94.6 Å². The zero-order valence-corrected chi connectivity index (χ0v) is 15.7. The Bertz CT molecular complexity index is 1130. The van der Waals surface area contributed by atoms with Gasteiger partial charge in [0.2, 0.25) is 0 Å². The Morgan fingerprint density at radius 2 is 1.89 bits per heavy atom. The number of carbonyl (C=O) groups is 1. The van der Waals surface area contributed by atoms with Crippen molar-refractivity contribution in [2.75, 3.05) is 6.54 Å². The fourth-order valence-corrected chi connectivity index (χ4v) is 3.47. The van der Waals surface area contributed by atoms with E-state index in [2.05, 4.69) is 5.32 Å². The van der Waals surface area contributed by atoms with E-state index in [1.807, 2.05) is 34.9 Å². The quantitative estimate of drug-likeness (QED) is 0.496. The number of amides is 1. The second-order valence-corrected chi connectivity index (χ2v) is 6.99. The van der Waals surface area contributed by atoms with Gasteiger partial charge in [0.05, 0.1) is 11.8 Å². The number of hydrogen-bond acceptors (Lipinski definition) is 2. The highest BCUT2D eigenvalue weighted by Gasteiger charge is 2.17. The molecule has 6 heteroatoms. The number of furan rings is 1. The van der Waals surface area contributed by atoms with Crippen molar-refractivity contribution in [3.8, 4) is 0 Å². The minimum Gasteiger partial charge on any atom is -0.463 e. The van der Waals surface area contributed by atoms with Crippen LogP contribution in [0.3, 0.4) is 0 Å². The van der Waals surface area contributed by atoms with Gasteiger partial charge in [-0.1, -0.05) is 35.9 Å². The molecule has 0 atom stereocenters. The highest BCUT2D eigenvalue weighted by molar-refractivity contribution is 6.30. The summed E-state index contributed by atoms with van der Waals surface area (Å²) in [6.45, 7) is 0.851. The predicted octanol–water partition coefficient (Wildman–Crippen LogP) is 5.05. The Balaban J connectivity index is 1.52. The van der Waals surface area contributed by atoms with Gasteiger partial charge in [0, 0.05) is 30.2 Å². The van der Waals surface area contributed by atoms with Crippen LogP contribution in [0.1, 0.15) is 21.6 Å². The van der Waals surface area contributed by atoms with Crippen LogP contribution >= 0.6 is 11.6 Å². The highest BCUT2D eigenvalue weighted by atomic mass is 35.5. The zero-order chi connectivity index (χ0) is 19.5. The lowest BCUT2D eigenvalue weighted by molar-refractivity contribution is 0.0945. The van der Waals surface area contributed by atoms with Crippen LogP contribution in [0.15, 0.2) is 71.3 Å². The summed E-state index contributed by atoms with van der Waals surface area (Å²) in [7, 11) is 0. The van der Waals surface area contributed by atoms with E-state index in [1.54, 1.807) is 24.5 Å². The lowest BCUT2D eigenvalue weighted by Crippen LogP contribution is -2.28. The Labute approximate surface area is 166 Å². The van der Waals surface area contributed by atoms with Crippen molar-refractivity contribution in [1.29, 1.82) is 0 Å². The molecular formula is C22H18ClFN2O2. The topological polar surface area (TPSA) is 47.2 Å². The summed E-state index contributed by atoms with van der Waals surface area (Å²) in [5.74, 6) is -0.509. The van der Waals surface area contributed by atoms with Gasteiger partial charge >= 0.3 is 0 Å². The molecular weight excluding hydrogens is 379 g/mol. The maximum Gasteiger partial charge on any atom is 0.268 e. The molecule has 142 valence electrons. The van der Waals surface area contributed by atoms with Gasteiger partial charge in [-0.25, -0.2) is 4.39 Å². The number of halogens is 2. The van der Waals surface area contributed by atoms with Crippen LogP contribution in [0.25, 0.3) is 11.1 Å². The summed E-state index contributed by atoms with van der Waals surface area (Å²) in [6.07, 6.45) is 2.25. The van der Waals surface area contributed by atoms with Crippen molar-refractivity contribution in [2.24, 2.45) is 0 Å². The number of benzene rings is 2. The first kappa shape index (κ1) is 18.3. The number of aromatic nitrogens is 1. The van der Waals surface area contributed by atoms with Crippen LogP contribution in [-0.2, 0) is 13.0 Å². The first-order chi connectivity index (χ1) is 13.6. The Morgan fingerprint density at radius 3 is 2.71 bits per heavy atom. The maximum atomic E-state index is 13.5. The molecule has 0 fully saturated rings. The molecule has 0 saturated heterocycles. The fourth-order valence-electron chi connectivity index (χ4n) is 3.26. The summed E-state index contributed by atoms with van der Waals surface area (Å²) >= 11 is 6.00. The predicted molar refractivity (Wildman–Crippen MR) is 107 cm³/mol. The smallest absolute Gasteiger partial charge is 0.268 e. The van der Waals surface area contributed by atoms with Gasteiger partial charge < -0.3 is 14.3 Å². The molecule has 2 aromatic carbocycles. The van der Waals surface area contributed by atoms with Crippen LogP contribution in [0.2, 0.25) is 5.02 Å². The first-order valence-corrected chi connectivity index (χ1v) is 9.32. The molecule has 0 saturated carbocycles. The SMILES string of the molecule is O=C(NCCc1cccc(Cl)c1)c1cc2occc2n1Cc1cccc(F)c1. The van der Waals surface area contributed by atoms with E-state index in [9.17, 15) is 9.18 Å². The Morgan fingerprint density at radius 1 is 1.07 bits per heavy atom. The summed E-state index contributed by atoms with van der Waals surface area (Å²) in [5, 5.41) is 3.61. The van der Waals surface area contributed by atoms with Crippen molar-refractivity contribution in [2.45, 2.75) is 13.0 Å². The van der Waals surface area contributed by atoms with E-state index < -0.39 is 0 Å². The molecule has 2 heterocycles. The van der Waals surface area contributed by atoms with Crippen molar-refractivity contribution in [3.63, 3.8) is 0 Å². The summed E-state index contributed by atoms with van der Waals surface area (Å²) in [4.78, 5) is 12.8. The number of nitrogens with one attached hydrogen (secondary N) is 1. The molecule has 0 spiro atoms. The molecule has 1 N–H and O–H groups in total. The molecule has 28 heavy (non-hydrogen) atoms.